The number of nitrogens with zero attached hydrogens (tertiary/aromatic N) is 3. The minimum atomic E-state index is -0.449. The highest BCUT2D eigenvalue weighted by atomic mass is 16.5. The first-order valence-electron chi connectivity index (χ1n) is 9.20. The zero-order chi connectivity index (χ0) is 17.8. The van der Waals surface area contributed by atoms with E-state index in [1.54, 1.807) is 15.8 Å². The van der Waals surface area contributed by atoms with Crippen LogP contribution in [-0.4, -0.2) is 52.8 Å². The molecule has 25 heavy (non-hydrogen) atoms. The lowest BCUT2D eigenvalue weighted by Crippen LogP contribution is -2.48. The Labute approximate surface area is 148 Å². The van der Waals surface area contributed by atoms with Gasteiger partial charge in [-0.25, -0.2) is 0 Å². The van der Waals surface area contributed by atoms with Crippen LogP contribution in [0.1, 0.15) is 44.8 Å². The van der Waals surface area contributed by atoms with Crippen molar-refractivity contribution in [1.29, 1.82) is 0 Å². The molecule has 7 heteroatoms. The fourth-order valence-corrected chi connectivity index (χ4v) is 3.47. The van der Waals surface area contributed by atoms with E-state index in [2.05, 4.69) is 10.4 Å². The first kappa shape index (κ1) is 17.9. The highest BCUT2D eigenvalue weighted by molar-refractivity contribution is 5.82. The largest absolute Gasteiger partial charge is 0.381 e. The molecule has 2 aliphatic heterocycles. The average Bonchev–Trinajstić information content (AvgIpc) is 3.07. The molecule has 0 bridgehead atoms. The van der Waals surface area contributed by atoms with Crippen LogP contribution >= 0.6 is 0 Å². The molecule has 3 rings (SSSR count). The van der Waals surface area contributed by atoms with Gasteiger partial charge in [0.05, 0.1) is 18.8 Å². The van der Waals surface area contributed by atoms with E-state index in [1.807, 2.05) is 19.9 Å². The van der Waals surface area contributed by atoms with Gasteiger partial charge < -0.3 is 15.0 Å². The zero-order valence-electron chi connectivity index (χ0n) is 15.1. The van der Waals surface area contributed by atoms with E-state index in [0.29, 0.717) is 37.9 Å². The Hall–Kier alpha value is -1.89. The summed E-state index contributed by atoms with van der Waals surface area (Å²) in [7, 11) is 0. The number of carbonyl (C=O) groups is 2. The number of hydrogen-bond acceptors (Lipinski definition) is 4. The number of carbonyl (C=O) groups excluding carboxylic acids is 2. The second kappa shape index (κ2) is 7.99. The normalized spacial score (nSPS) is 21.2. The molecule has 1 aromatic heterocycles. The van der Waals surface area contributed by atoms with Gasteiger partial charge in [0.2, 0.25) is 11.8 Å². The second-order valence-corrected chi connectivity index (χ2v) is 7.46. The van der Waals surface area contributed by atoms with Gasteiger partial charge in [0.15, 0.2) is 0 Å². The topological polar surface area (TPSA) is 76.5 Å². The van der Waals surface area contributed by atoms with Crippen molar-refractivity contribution in [3.8, 4) is 0 Å². The Morgan fingerprint density at radius 3 is 2.84 bits per heavy atom. The molecule has 1 N–H and O–H groups in total. The summed E-state index contributed by atoms with van der Waals surface area (Å²) in [6.45, 7) is 7.17. The minimum Gasteiger partial charge on any atom is -0.381 e. The highest BCUT2D eigenvalue weighted by Crippen LogP contribution is 2.22. The van der Waals surface area contributed by atoms with Gasteiger partial charge in [0.25, 0.3) is 0 Å². The van der Waals surface area contributed by atoms with Crippen molar-refractivity contribution in [2.75, 3.05) is 26.3 Å². The molecule has 1 unspecified atom stereocenters. The summed E-state index contributed by atoms with van der Waals surface area (Å²) in [5.41, 5.74) is 0.912. The molecule has 138 valence electrons. The zero-order valence-corrected chi connectivity index (χ0v) is 15.1. The number of amides is 2. The highest BCUT2D eigenvalue weighted by Gasteiger charge is 2.33. The van der Waals surface area contributed by atoms with Gasteiger partial charge in [-0.1, -0.05) is 13.8 Å². The van der Waals surface area contributed by atoms with Crippen LogP contribution in [0, 0.1) is 11.8 Å². The van der Waals surface area contributed by atoms with Gasteiger partial charge in [0.1, 0.15) is 6.04 Å². The lowest BCUT2D eigenvalue weighted by Gasteiger charge is -2.34. The summed E-state index contributed by atoms with van der Waals surface area (Å²) in [6, 6.07) is 1.43. The minimum absolute atomic E-state index is 0.0570. The quantitative estimate of drug-likeness (QED) is 0.872. The third-order valence-corrected chi connectivity index (χ3v) is 4.94. The molecule has 0 aromatic carbocycles. The van der Waals surface area contributed by atoms with Crippen LogP contribution < -0.4 is 5.32 Å². The third kappa shape index (κ3) is 4.39. The summed E-state index contributed by atoms with van der Waals surface area (Å²) in [4.78, 5) is 27.0. The molecular weight excluding hydrogens is 320 g/mol. The number of fused-ring (bicyclic) bond motifs is 1. The van der Waals surface area contributed by atoms with Crippen molar-refractivity contribution in [3.05, 3.63) is 18.0 Å². The molecule has 2 amide bonds. The van der Waals surface area contributed by atoms with Crippen LogP contribution in [0.15, 0.2) is 12.3 Å². The van der Waals surface area contributed by atoms with Gasteiger partial charge in [-0.3, -0.25) is 14.3 Å². The van der Waals surface area contributed by atoms with Gasteiger partial charge in [-0.05, 0) is 30.7 Å². The molecule has 0 saturated carbocycles. The van der Waals surface area contributed by atoms with Gasteiger partial charge in [-0.2, -0.15) is 5.10 Å². The van der Waals surface area contributed by atoms with E-state index < -0.39 is 6.04 Å². The molecule has 7 nitrogen and oxygen atoms in total. The molecule has 1 atom stereocenters. The van der Waals surface area contributed by atoms with E-state index in [4.69, 9.17) is 4.74 Å². The Balaban J connectivity index is 1.64. The van der Waals surface area contributed by atoms with E-state index >= 15 is 0 Å². The van der Waals surface area contributed by atoms with Crippen LogP contribution in [0.2, 0.25) is 0 Å². The van der Waals surface area contributed by atoms with E-state index in [0.717, 1.165) is 31.7 Å². The number of hydrogen-bond donors (Lipinski definition) is 1. The van der Waals surface area contributed by atoms with Crippen molar-refractivity contribution < 1.29 is 14.3 Å². The number of nitrogens with one attached hydrogen (secondary N) is 1. The summed E-state index contributed by atoms with van der Waals surface area (Å²) in [5.74, 6) is 0.820. The molecular formula is C18H28N4O3. The monoisotopic (exact) mass is 348 g/mol. The van der Waals surface area contributed by atoms with Crippen LogP contribution in [0.3, 0.4) is 0 Å². The van der Waals surface area contributed by atoms with Crippen molar-refractivity contribution in [1.82, 2.24) is 20.0 Å². The summed E-state index contributed by atoms with van der Waals surface area (Å²) < 4.78 is 7.12. The number of rotatable bonds is 5. The van der Waals surface area contributed by atoms with Crippen molar-refractivity contribution in [2.24, 2.45) is 11.8 Å². The summed E-state index contributed by atoms with van der Waals surface area (Å²) >= 11 is 0. The predicted molar refractivity (Wildman–Crippen MR) is 92.7 cm³/mol. The maximum Gasteiger partial charge on any atom is 0.246 e. The Morgan fingerprint density at radius 2 is 2.12 bits per heavy atom. The molecule has 1 fully saturated rings. The van der Waals surface area contributed by atoms with Gasteiger partial charge >= 0.3 is 0 Å². The summed E-state index contributed by atoms with van der Waals surface area (Å²) in [5, 5.41) is 7.37. The smallest absolute Gasteiger partial charge is 0.246 e. The van der Waals surface area contributed by atoms with Crippen molar-refractivity contribution >= 4 is 11.8 Å². The molecule has 3 heterocycles. The Kier molecular flexibility index (Phi) is 5.73. The standard InChI is InChI=1S/C18H28N4O3/c1-13(2)9-17(23)21-11-15-3-6-20-22(15)16(12-21)18(24)19-10-14-4-7-25-8-5-14/h3,6,13-14,16H,4-5,7-12H2,1-2H3,(H,19,24). The molecule has 1 saturated heterocycles. The van der Waals surface area contributed by atoms with E-state index in [9.17, 15) is 9.59 Å². The summed E-state index contributed by atoms with van der Waals surface area (Å²) in [6.07, 6.45) is 4.17. The van der Waals surface area contributed by atoms with Gasteiger partial charge in [-0.15, -0.1) is 0 Å². The molecule has 0 aliphatic carbocycles. The van der Waals surface area contributed by atoms with Crippen LogP contribution in [0.4, 0.5) is 0 Å². The SMILES string of the molecule is CC(C)CC(=O)N1Cc2ccnn2C(C(=O)NCC2CCOCC2)C1. The van der Waals surface area contributed by atoms with Crippen molar-refractivity contribution in [2.45, 2.75) is 45.7 Å². The number of ether oxygens (including phenoxy) is 1. The van der Waals surface area contributed by atoms with E-state index in [-0.39, 0.29) is 11.8 Å². The van der Waals surface area contributed by atoms with Crippen molar-refractivity contribution in [3.63, 3.8) is 0 Å². The fraction of sp³-hybridized carbons (Fsp3) is 0.722. The van der Waals surface area contributed by atoms with Crippen LogP contribution in [-0.2, 0) is 20.9 Å². The molecule has 0 radical (unpaired) electrons. The first-order valence-corrected chi connectivity index (χ1v) is 9.20. The fourth-order valence-electron chi connectivity index (χ4n) is 3.47. The van der Waals surface area contributed by atoms with Gasteiger partial charge in [0, 0.05) is 32.4 Å². The average molecular weight is 348 g/mol. The molecule has 0 spiro atoms. The Bertz CT molecular complexity index is 607. The van der Waals surface area contributed by atoms with Crippen LogP contribution in [0.25, 0.3) is 0 Å². The first-order chi connectivity index (χ1) is 12.0. The Morgan fingerprint density at radius 1 is 1.36 bits per heavy atom. The third-order valence-electron chi connectivity index (χ3n) is 4.94. The molecule has 1 aromatic rings. The lowest BCUT2D eigenvalue weighted by atomic mass is 10.0. The maximum absolute atomic E-state index is 12.8. The number of aromatic nitrogens is 2. The second-order valence-electron chi connectivity index (χ2n) is 7.46. The lowest BCUT2D eigenvalue weighted by molar-refractivity contribution is -0.136. The van der Waals surface area contributed by atoms with E-state index in [1.165, 1.54) is 0 Å². The van der Waals surface area contributed by atoms with Crippen LogP contribution in [0.5, 0.6) is 0 Å². The molecule has 2 aliphatic rings. The maximum atomic E-state index is 12.8. The predicted octanol–water partition coefficient (Wildman–Crippen LogP) is 1.36.